The van der Waals surface area contributed by atoms with Gasteiger partial charge in [-0.25, -0.2) is 0 Å². The Kier molecular flexibility index (Phi) is 5.18. The van der Waals surface area contributed by atoms with Crippen molar-refractivity contribution in [2.24, 2.45) is 7.05 Å². The summed E-state index contributed by atoms with van der Waals surface area (Å²) in [5.74, 6) is 0. The molecule has 2 rings (SSSR count). The molecule has 0 fully saturated rings. The van der Waals surface area contributed by atoms with Gasteiger partial charge in [-0.05, 0) is 18.9 Å². The minimum absolute atomic E-state index is 0.00600. The number of rotatable bonds is 7. The van der Waals surface area contributed by atoms with Gasteiger partial charge in [0.2, 0.25) is 0 Å². The molecule has 1 aromatic heterocycles. The molecule has 20 heavy (non-hydrogen) atoms. The number of nitrogens with one attached hydrogen (secondary N) is 1. The van der Waals surface area contributed by atoms with E-state index in [2.05, 4.69) is 5.32 Å². The van der Waals surface area contributed by atoms with E-state index >= 15 is 0 Å². The Morgan fingerprint density at radius 1 is 1.15 bits per heavy atom. The van der Waals surface area contributed by atoms with Crippen molar-refractivity contribution in [1.82, 2.24) is 4.57 Å². The highest BCUT2D eigenvalue weighted by Gasteiger charge is 2.05. The first-order valence-corrected chi connectivity index (χ1v) is 7.17. The molecule has 0 saturated heterocycles. The average Bonchev–Trinajstić information content (AvgIpc) is 2.47. The van der Waals surface area contributed by atoms with E-state index < -0.39 is 0 Å². The lowest BCUT2D eigenvalue weighted by Crippen LogP contribution is -2.17. The van der Waals surface area contributed by atoms with Crippen molar-refractivity contribution in [2.75, 3.05) is 18.5 Å². The zero-order chi connectivity index (χ0) is 14.4. The van der Waals surface area contributed by atoms with Crippen molar-refractivity contribution in [2.45, 2.75) is 25.7 Å². The molecule has 0 amide bonds. The summed E-state index contributed by atoms with van der Waals surface area (Å²) in [6.07, 6.45) is 4.06. The van der Waals surface area contributed by atoms with Crippen LogP contribution in [-0.4, -0.2) is 22.8 Å². The third-order valence-corrected chi connectivity index (χ3v) is 3.55. The summed E-state index contributed by atoms with van der Waals surface area (Å²) in [6, 6.07) is 9.59. The average molecular weight is 274 g/mol. The molecule has 0 aliphatic rings. The molecule has 2 aromatic rings. The summed E-state index contributed by atoms with van der Waals surface area (Å²) >= 11 is 0. The van der Waals surface area contributed by atoms with Crippen LogP contribution >= 0.6 is 0 Å². The van der Waals surface area contributed by atoms with Gasteiger partial charge in [0, 0.05) is 37.3 Å². The number of aliphatic hydroxyl groups is 1. The Morgan fingerprint density at radius 3 is 2.70 bits per heavy atom. The smallest absolute Gasteiger partial charge is 0.252 e. The second-order valence-electron chi connectivity index (χ2n) is 5.04. The van der Waals surface area contributed by atoms with Gasteiger partial charge >= 0.3 is 0 Å². The lowest BCUT2D eigenvalue weighted by atomic mass is 10.1. The number of aryl methyl sites for hydroxylation is 1. The van der Waals surface area contributed by atoms with Gasteiger partial charge in [0.05, 0.1) is 5.52 Å². The van der Waals surface area contributed by atoms with E-state index in [0.717, 1.165) is 48.8 Å². The molecule has 0 saturated carbocycles. The van der Waals surface area contributed by atoms with Crippen molar-refractivity contribution in [3.8, 4) is 0 Å². The van der Waals surface area contributed by atoms with Crippen LogP contribution in [0.5, 0.6) is 0 Å². The predicted molar refractivity (Wildman–Crippen MR) is 83.2 cm³/mol. The van der Waals surface area contributed by atoms with Gasteiger partial charge in [-0.15, -0.1) is 0 Å². The Morgan fingerprint density at radius 2 is 1.90 bits per heavy atom. The number of benzene rings is 1. The van der Waals surface area contributed by atoms with Crippen molar-refractivity contribution in [3.05, 3.63) is 40.7 Å². The number of anilines is 1. The van der Waals surface area contributed by atoms with E-state index in [-0.39, 0.29) is 12.2 Å². The van der Waals surface area contributed by atoms with Crippen molar-refractivity contribution >= 4 is 16.6 Å². The highest BCUT2D eigenvalue weighted by molar-refractivity contribution is 5.91. The third kappa shape index (κ3) is 3.39. The molecule has 0 spiro atoms. The second-order valence-corrected chi connectivity index (χ2v) is 5.04. The largest absolute Gasteiger partial charge is 0.396 e. The van der Waals surface area contributed by atoms with E-state index in [0.29, 0.717) is 0 Å². The molecular weight excluding hydrogens is 252 g/mol. The van der Waals surface area contributed by atoms with E-state index in [1.54, 1.807) is 17.7 Å². The van der Waals surface area contributed by atoms with Crippen LogP contribution in [0, 0.1) is 0 Å². The Labute approximate surface area is 119 Å². The monoisotopic (exact) mass is 274 g/mol. The quantitative estimate of drug-likeness (QED) is 0.763. The molecular formula is C16H22N2O2. The summed E-state index contributed by atoms with van der Waals surface area (Å²) in [5.41, 5.74) is 1.86. The summed E-state index contributed by atoms with van der Waals surface area (Å²) < 4.78 is 1.67. The zero-order valence-corrected chi connectivity index (χ0v) is 11.9. The summed E-state index contributed by atoms with van der Waals surface area (Å²) in [7, 11) is 1.79. The zero-order valence-electron chi connectivity index (χ0n) is 11.9. The molecule has 108 valence electrons. The van der Waals surface area contributed by atoms with E-state index in [1.165, 1.54) is 0 Å². The van der Waals surface area contributed by atoms with Crippen LogP contribution in [0.25, 0.3) is 10.9 Å². The molecule has 0 aliphatic heterocycles. The molecule has 0 aliphatic carbocycles. The fourth-order valence-electron chi connectivity index (χ4n) is 2.37. The molecule has 4 heteroatoms. The first kappa shape index (κ1) is 14.6. The number of aliphatic hydroxyl groups excluding tert-OH is 1. The first-order valence-electron chi connectivity index (χ1n) is 7.17. The van der Waals surface area contributed by atoms with Gasteiger partial charge < -0.3 is 15.0 Å². The van der Waals surface area contributed by atoms with Crippen molar-refractivity contribution < 1.29 is 5.11 Å². The number of hydrogen-bond donors (Lipinski definition) is 2. The van der Waals surface area contributed by atoms with E-state index in [1.807, 2.05) is 24.3 Å². The van der Waals surface area contributed by atoms with Crippen molar-refractivity contribution in [3.63, 3.8) is 0 Å². The molecule has 0 atom stereocenters. The predicted octanol–water partition coefficient (Wildman–Crippen LogP) is 2.50. The Bertz CT molecular complexity index is 619. The Hall–Kier alpha value is -1.81. The Balaban J connectivity index is 2.07. The maximum atomic E-state index is 11.9. The minimum Gasteiger partial charge on any atom is -0.396 e. The standard InChI is InChI=1S/C16H22N2O2/c1-18-15-9-5-4-8-13(15)14(12-16(18)20)17-10-6-2-3-7-11-19/h4-5,8-9,12,17,19H,2-3,6-7,10-11H2,1H3. The van der Waals surface area contributed by atoms with Gasteiger partial charge in [0.25, 0.3) is 5.56 Å². The van der Waals surface area contributed by atoms with Crippen molar-refractivity contribution in [1.29, 1.82) is 0 Å². The number of pyridine rings is 1. The first-order chi connectivity index (χ1) is 9.74. The molecule has 2 N–H and O–H groups in total. The van der Waals surface area contributed by atoms with Crippen LogP contribution in [0.15, 0.2) is 35.1 Å². The van der Waals surface area contributed by atoms with Gasteiger partial charge in [0.15, 0.2) is 0 Å². The van der Waals surface area contributed by atoms with Gasteiger partial charge in [-0.2, -0.15) is 0 Å². The van der Waals surface area contributed by atoms with Crippen LogP contribution in [0.1, 0.15) is 25.7 Å². The maximum Gasteiger partial charge on any atom is 0.252 e. The fourth-order valence-corrected chi connectivity index (χ4v) is 2.37. The number of para-hydroxylation sites is 1. The second kappa shape index (κ2) is 7.10. The normalized spacial score (nSPS) is 10.9. The lowest BCUT2D eigenvalue weighted by molar-refractivity contribution is 0.283. The molecule has 0 bridgehead atoms. The summed E-state index contributed by atoms with van der Waals surface area (Å²) in [5, 5.41) is 13.2. The molecule has 1 heterocycles. The minimum atomic E-state index is 0.00600. The number of hydrogen-bond acceptors (Lipinski definition) is 3. The van der Waals surface area contributed by atoms with E-state index in [4.69, 9.17) is 5.11 Å². The summed E-state index contributed by atoms with van der Waals surface area (Å²) in [4.78, 5) is 11.9. The summed E-state index contributed by atoms with van der Waals surface area (Å²) in [6.45, 7) is 1.12. The number of unbranched alkanes of at least 4 members (excludes halogenated alkanes) is 3. The number of fused-ring (bicyclic) bond motifs is 1. The van der Waals surface area contributed by atoms with Gasteiger partial charge in [-0.1, -0.05) is 31.0 Å². The van der Waals surface area contributed by atoms with Crippen LogP contribution in [0.2, 0.25) is 0 Å². The SMILES string of the molecule is Cn1c(=O)cc(NCCCCCCO)c2ccccc21. The highest BCUT2D eigenvalue weighted by atomic mass is 16.2. The topological polar surface area (TPSA) is 54.3 Å². The number of aromatic nitrogens is 1. The maximum absolute atomic E-state index is 11.9. The lowest BCUT2D eigenvalue weighted by Gasteiger charge is -2.12. The highest BCUT2D eigenvalue weighted by Crippen LogP contribution is 2.20. The molecule has 0 unspecified atom stereocenters. The molecule has 1 aromatic carbocycles. The third-order valence-electron chi connectivity index (χ3n) is 3.55. The van der Waals surface area contributed by atoms with E-state index in [9.17, 15) is 4.79 Å². The molecule has 0 radical (unpaired) electrons. The number of nitrogens with zero attached hydrogens (tertiary/aromatic N) is 1. The van der Waals surface area contributed by atoms with Gasteiger partial charge in [-0.3, -0.25) is 4.79 Å². The van der Waals surface area contributed by atoms with Crippen LogP contribution < -0.4 is 10.9 Å². The molecule has 4 nitrogen and oxygen atoms in total. The van der Waals surface area contributed by atoms with Crippen LogP contribution in [0.3, 0.4) is 0 Å². The van der Waals surface area contributed by atoms with Crippen LogP contribution in [-0.2, 0) is 7.05 Å². The van der Waals surface area contributed by atoms with Gasteiger partial charge in [0.1, 0.15) is 0 Å². The van der Waals surface area contributed by atoms with Crippen LogP contribution in [0.4, 0.5) is 5.69 Å². The fraction of sp³-hybridized carbons (Fsp3) is 0.438.